The molecule has 1 aliphatic carbocycles. The quantitative estimate of drug-likeness (QED) is 0.567. The summed E-state index contributed by atoms with van der Waals surface area (Å²) in [6.45, 7) is 5.38. The van der Waals surface area contributed by atoms with E-state index < -0.39 is 30.4 Å². The third-order valence-electron chi connectivity index (χ3n) is 5.62. The zero-order valence-electron chi connectivity index (χ0n) is 20.9. The predicted molar refractivity (Wildman–Crippen MR) is 128 cm³/mol. The molecule has 2 aromatic rings. The normalized spacial score (nSPS) is 18.0. The molecule has 0 unspecified atom stereocenters. The Hall–Kier alpha value is -3.44. The van der Waals surface area contributed by atoms with E-state index in [-0.39, 0.29) is 30.3 Å². The first kappa shape index (κ1) is 27.2. The number of ether oxygens (including phenoxy) is 2. The second-order valence-electron chi connectivity index (χ2n) is 9.56. The van der Waals surface area contributed by atoms with E-state index in [9.17, 15) is 18.4 Å². The van der Waals surface area contributed by atoms with Gasteiger partial charge >= 0.3 is 12.1 Å². The van der Waals surface area contributed by atoms with Crippen molar-refractivity contribution < 1.29 is 27.8 Å². The number of carbonyl (C=O) groups excluding carboxylic acids is 2. The fourth-order valence-corrected chi connectivity index (χ4v) is 3.97. The van der Waals surface area contributed by atoms with Gasteiger partial charge in [-0.15, -0.1) is 0 Å². The Balaban J connectivity index is 1.71. The standard InChI is InChI=1S/C24H32F2N6O4/c1-24(2,3)36-23(34)31-16-5-7-17(8-6-16)32(21(33)10-9-19(25)26)20-14-27-18(13-28-20)15-11-29-22(35-4)30-12-15/h11-14,16-17,19H,5-10H2,1-4H3,(H,31,34)/t16-,17-. The van der Waals surface area contributed by atoms with Crippen molar-refractivity contribution in [1.82, 2.24) is 25.3 Å². The number of amides is 2. The summed E-state index contributed by atoms with van der Waals surface area (Å²) in [5, 5.41) is 2.87. The summed E-state index contributed by atoms with van der Waals surface area (Å²) in [4.78, 5) is 43.4. The van der Waals surface area contributed by atoms with Crippen LogP contribution in [-0.2, 0) is 9.53 Å². The molecule has 0 aliphatic heterocycles. The Morgan fingerprint density at radius 2 is 1.72 bits per heavy atom. The van der Waals surface area contributed by atoms with Crippen LogP contribution in [0.25, 0.3) is 11.3 Å². The summed E-state index contributed by atoms with van der Waals surface area (Å²) >= 11 is 0. The summed E-state index contributed by atoms with van der Waals surface area (Å²) in [7, 11) is 1.46. The maximum Gasteiger partial charge on any atom is 0.407 e. The van der Waals surface area contributed by atoms with Gasteiger partial charge in [-0.05, 0) is 46.5 Å². The van der Waals surface area contributed by atoms with E-state index in [1.807, 2.05) is 0 Å². The number of anilines is 1. The molecule has 196 valence electrons. The van der Waals surface area contributed by atoms with Crippen molar-refractivity contribution in [2.45, 2.75) is 83.4 Å². The first-order valence-electron chi connectivity index (χ1n) is 11.8. The number of nitrogens with zero attached hydrogens (tertiary/aromatic N) is 5. The van der Waals surface area contributed by atoms with E-state index in [2.05, 4.69) is 25.3 Å². The monoisotopic (exact) mass is 506 g/mol. The lowest BCUT2D eigenvalue weighted by atomic mass is 9.90. The molecule has 12 heteroatoms. The van der Waals surface area contributed by atoms with Crippen LogP contribution in [0.5, 0.6) is 6.01 Å². The third kappa shape index (κ3) is 7.79. The fraction of sp³-hybridized carbons (Fsp3) is 0.583. The van der Waals surface area contributed by atoms with E-state index in [1.165, 1.54) is 24.4 Å². The largest absolute Gasteiger partial charge is 0.467 e. The molecule has 1 fully saturated rings. The molecular weight excluding hydrogens is 474 g/mol. The lowest BCUT2D eigenvalue weighted by molar-refractivity contribution is -0.120. The highest BCUT2D eigenvalue weighted by atomic mass is 19.3. The molecule has 0 spiro atoms. The maximum atomic E-state index is 13.0. The first-order chi connectivity index (χ1) is 17.1. The van der Waals surface area contributed by atoms with E-state index in [0.29, 0.717) is 36.9 Å². The van der Waals surface area contributed by atoms with Crippen LogP contribution < -0.4 is 15.0 Å². The van der Waals surface area contributed by atoms with Gasteiger partial charge in [-0.1, -0.05) is 0 Å². The average Bonchev–Trinajstić information content (AvgIpc) is 2.83. The number of alkyl halides is 2. The van der Waals surface area contributed by atoms with Crippen molar-refractivity contribution in [2.24, 2.45) is 0 Å². The molecule has 2 heterocycles. The summed E-state index contributed by atoms with van der Waals surface area (Å²) in [5.41, 5.74) is 0.503. The molecule has 0 radical (unpaired) electrons. The van der Waals surface area contributed by atoms with E-state index in [4.69, 9.17) is 9.47 Å². The molecule has 2 aromatic heterocycles. The molecule has 0 atom stereocenters. The Kier molecular flexibility index (Phi) is 9.05. The zero-order valence-corrected chi connectivity index (χ0v) is 20.9. The summed E-state index contributed by atoms with van der Waals surface area (Å²) in [6, 6.07) is -0.134. The van der Waals surface area contributed by atoms with Gasteiger partial charge in [-0.2, -0.15) is 0 Å². The lowest BCUT2D eigenvalue weighted by Crippen LogP contribution is -2.47. The van der Waals surface area contributed by atoms with Crippen molar-refractivity contribution in [1.29, 1.82) is 0 Å². The minimum atomic E-state index is -2.58. The van der Waals surface area contributed by atoms with Gasteiger partial charge in [0.25, 0.3) is 0 Å². The summed E-state index contributed by atoms with van der Waals surface area (Å²) in [5.74, 6) is -0.148. The third-order valence-corrected chi connectivity index (χ3v) is 5.62. The highest BCUT2D eigenvalue weighted by Gasteiger charge is 2.32. The minimum Gasteiger partial charge on any atom is -0.467 e. The molecular formula is C24H32F2N6O4. The molecule has 1 aliphatic rings. The van der Waals surface area contributed by atoms with Crippen LogP contribution in [0.15, 0.2) is 24.8 Å². The molecule has 3 rings (SSSR count). The lowest BCUT2D eigenvalue weighted by Gasteiger charge is -2.36. The van der Waals surface area contributed by atoms with Crippen molar-refractivity contribution in [3.8, 4) is 17.3 Å². The Morgan fingerprint density at radius 1 is 1.06 bits per heavy atom. The SMILES string of the molecule is COc1ncc(-c2cnc(N(C(=O)CCC(F)F)[C@H]3CC[C@H](NC(=O)OC(C)(C)C)CC3)cn2)cn1. The number of alkyl carbamates (subject to hydrolysis) is 1. The molecule has 10 nitrogen and oxygen atoms in total. The van der Waals surface area contributed by atoms with Gasteiger partial charge in [0, 0.05) is 42.9 Å². The number of aromatic nitrogens is 4. The van der Waals surface area contributed by atoms with Gasteiger partial charge in [-0.25, -0.2) is 28.5 Å². The van der Waals surface area contributed by atoms with Crippen molar-refractivity contribution >= 4 is 17.8 Å². The zero-order chi connectivity index (χ0) is 26.3. The minimum absolute atomic E-state index is 0.0994. The number of rotatable bonds is 8. The second kappa shape index (κ2) is 12.0. The number of halogens is 2. The highest BCUT2D eigenvalue weighted by Crippen LogP contribution is 2.29. The number of hydrogen-bond acceptors (Lipinski definition) is 8. The van der Waals surface area contributed by atoms with Gasteiger partial charge in [0.1, 0.15) is 5.60 Å². The number of methoxy groups -OCH3 is 1. The Labute approximate surface area is 208 Å². The van der Waals surface area contributed by atoms with E-state index in [1.54, 1.807) is 33.2 Å². The molecule has 36 heavy (non-hydrogen) atoms. The van der Waals surface area contributed by atoms with E-state index >= 15 is 0 Å². The van der Waals surface area contributed by atoms with Crippen LogP contribution in [0.1, 0.15) is 59.3 Å². The highest BCUT2D eigenvalue weighted by molar-refractivity contribution is 5.93. The van der Waals surface area contributed by atoms with Crippen LogP contribution in [0.4, 0.5) is 19.4 Å². The predicted octanol–water partition coefficient (Wildman–Crippen LogP) is 4.16. The van der Waals surface area contributed by atoms with Gasteiger partial charge in [0.15, 0.2) is 5.82 Å². The summed E-state index contributed by atoms with van der Waals surface area (Å²) < 4.78 is 35.9. The fourth-order valence-electron chi connectivity index (χ4n) is 3.97. The summed E-state index contributed by atoms with van der Waals surface area (Å²) in [6.07, 6.45) is 4.48. The molecule has 0 saturated heterocycles. The molecule has 0 bridgehead atoms. The van der Waals surface area contributed by atoms with Crippen LogP contribution >= 0.6 is 0 Å². The van der Waals surface area contributed by atoms with E-state index in [0.717, 1.165) is 0 Å². The number of hydrogen-bond donors (Lipinski definition) is 1. The number of carbonyl (C=O) groups is 2. The molecule has 2 amide bonds. The Bertz CT molecular complexity index is 1010. The first-order valence-corrected chi connectivity index (χ1v) is 11.8. The smallest absolute Gasteiger partial charge is 0.407 e. The maximum absolute atomic E-state index is 13.0. The van der Waals surface area contributed by atoms with Crippen molar-refractivity contribution in [3.63, 3.8) is 0 Å². The van der Waals surface area contributed by atoms with Gasteiger partial charge < -0.3 is 14.8 Å². The molecule has 1 N–H and O–H groups in total. The average molecular weight is 507 g/mol. The van der Waals surface area contributed by atoms with Crippen LogP contribution in [-0.4, -0.2) is 63.2 Å². The van der Waals surface area contributed by atoms with Gasteiger partial charge in [0.05, 0.1) is 25.2 Å². The van der Waals surface area contributed by atoms with Crippen molar-refractivity contribution in [3.05, 3.63) is 24.8 Å². The van der Waals surface area contributed by atoms with Crippen LogP contribution in [0.2, 0.25) is 0 Å². The number of nitrogens with one attached hydrogen (secondary N) is 1. The second-order valence-corrected chi connectivity index (χ2v) is 9.56. The molecule has 1 saturated carbocycles. The van der Waals surface area contributed by atoms with Crippen LogP contribution in [0, 0.1) is 0 Å². The van der Waals surface area contributed by atoms with Crippen molar-refractivity contribution in [2.75, 3.05) is 12.0 Å². The topological polar surface area (TPSA) is 119 Å². The Morgan fingerprint density at radius 3 is 2.25 bits per heavy atom. The van der Waals surface area contributed by atoms with Gasteiger partial charge in [-0.3, -0.25) is 14.7 Å². The van der Waals surface area contributed by atoms with Gasteiger partial charge in [0.2, 0.25) is 12.3 Å². The van der Waals surface area contributed by atoms with Crippen LogP contribution in [0.3, 0.4) is 0 Å². The molecule has 0 aromatic carbocycles.